The van der Waals surface area contributed by atoms with Gasteiger partial charge < -0.3 is 5.73 Å². The maximum absolute atomic E-state index is 11.2. The molecule has 2 N–H and O–H groups in total. The average Bonchev–Trinajstić information content (AvgIpc) is 2.56. The van der Waals surface area contributed by atoms with Gasteiger partial charge in [-0.2, -0.15) is 0 Å². The van der Waals surface area contributed by atoms with E-state index < -0.39 is 4.92 Å². The molecule has 0 aliphatic carbocycles. The molecule has 0 saturated heterocycles. The Morgan fingerprint density at radius 3 is 1.68 bits per heavy atom. The minimum Gasteiger partial charge on any atom is -0.393 e. The molecule has 0 saturated carbocycles. The highest BCUT2D eigenvalue weighted by atomic mass is 16.6. The summed E-state index contributed by atoms with van der Waals surface area (Å²) in [6, 6.07) is 22.5. The van der Waals surface area contributed by atoms with Crippen molar-refractivity contribution in [1.29, 1.82) is 0 Å². The van der Waals surface area contributed by atoms with Crippen LogP contribution in [0, 0.1) is 10.1 Å². The van der Waals surface area contributed by atoms with Gasteiger partial charge in [-0.25, -0.2) is 0 Å². The van der Waals surface area contributed by atoms with E-state index in [9.17, 15) is 10.1 Å². The van der Waals surface area contributed by atoms with Crippen LogP contribution in [0.5, 0.6) is 0 Å². The van der Waals surface area contributed by atoms with Gasteiger partial charge in [0, 0.05) is 6.07 Å². The van der Waals surface area contributed by atoms with Gasteiger partial charge in [0.25, 0.3) is 5.69 Å². The lowest BCUT2D eigenvalue weighted by Crippen LogP contribution is -1.98. The highest BCUT2D eigenvalue weighted by Gasteiger charge is 2.17. The number of rotatable bonds is 3. The van der Waals surface area contributed by atoms with Crippen molar-refractivity contribution >= 4 is 11.4 Å². The number of nitrogen functional groups attached to an aromatic ring is 1. The van der Waals surface area contributed by atoms with Crippen LogP contribution in [0.25, 0.3) is 22.3 Å². The van der Waals surface area contributed by atoms with E-state index in [4.69, 9.17) is 5.73 Å². The zero-order chi connectivity index (χ0) is 15.5. The molecule has 3 rings (SSSR count). The largest absolute Gasteiger partial charge is 0.393 e. The van der Waals surface area contributed by atoms with Crippen LogP contribution >= 0.6 is 0 Å². The molecule has 0 spiro atoms. The van der Waals surface area contributed by atoms with Crippen molar-refractivity contribution < 1.29 is 4.92 Å². The third-order valence-corrected chi connectivity index (χ3v) is 3.53. The number of nitrogens with two attached hydrogens (primary N) is 1. The normalized spacial score (nSPS) is 10.4. The summed E-state index contributed by atoms with van der Waals surface area (Å²) in [6.07, 6.45) is 0. The number of nitro benzene ring substituents is 1. The fourth-order valence-electron chi connectivity index (χ4n) is 2.48. The van der Waals surface area contributed by atoms with Crippen molar-refractivity contribution in [3.63, 3.8) is 0 Å². The lowest BCUT2D eigenvalue weighted by atomic mass is 9.93. The Balaban J connectivity index is 2.29. The third kappa shape index (κ3) is 2.54. The average molecular weight is 290 g/mol. The molecular formula is C18H14N2O2. The highest BCUT2D eigenvalue weighted by molar-refractivity contribution is 5.88. The van der Waals surface area contributed by atoms with Crippen LogP contribution in [0.1, 0.15) is 0 Å². The number of hydrogen-bond acceptors (Lipinski definition) is 3. The van der Waals surface area contributed by atoms with E-state index in [1.807, 2.05) is 60.7 Å². The van der Waals surface area contributed by atoms with Crippen LogP contribution in [0.2, 0.25) is 0 Å². The fourth-order valence-corrected chi connectivity index (χ4v) is 2.48. The maximum atomic E-state index is 11.2. The van der Waals surface area contributed by atoms with E-state index in [1.165, 1.54) is 0 Å². The fraction of sp³-hybridized carbons (Fsp3) is 0. The third-order valence-electron chi connectivity index (χ3n) is 3.53. The van der Waals surface area contributed by atoms with E-state index in [2.05, 4.69) is 0 Å². The van der Waals surface area contributed by atoms with E-state index in [0.29, 0.717) is 0 Å². The van der Waals surface area contributed by atoms with Crippen LogP contribution in [-0.2, 0) is 0 Å². The standard InChI is InChI=1S/C18H14N2O2/c19-17-11-15(13-7-3-1-4-8-13)16(12-18(17)20(21)22)14-9-5-2-6-10-14/h1-12H,19H2. The van der Waals surface area contributed by atoms with Gasteiger partial charge in [-0.1, -0.05) is 60.7 Å². The first kappa shape index (κ1) is 13.8. The van der Waals surface area contributed by atoms with Crippen LogP contribution < -0.4 is 5.73 Å². The summed E-state index contributed by atoms with van der Waals surface area (Å²) in [7, 11) is 0. The first-order valence-electron chi connectivity index (χ1n) is 6.85. The molecule has 3 aromatic rings. The molecule has 0 aromatic heterocycles. The number of nitro groups is 1. The SMILES string of the molecule is Nc1cc(-c2ccccc2)c(-c2ccccc2)cc1[N+](=O)[O-]. The molecule has 0 bridgehead atoms. The van der Waals surface area contributed by atoms with Gasteiger partial charge in [0.1, 0.15) is 5.69 Å². The number of benzene rings is 3. The summed E-state index contributed by atoms with van der Waals surface area (Å²) < 4.78 is 0. The summed E-state index contributed by atoms with van der Waals surface area (Å²) in [4.78, 5) is 10.7. The Morgan fingerprint density at radius 1 is 0.773 bits per heavy atom. The van der Waals surface area contributed by atoms with Crippen molar-refractivity contribution in [2.45, 2.75) is 0 Å². The van der Waals surface area contributed by atoms with Crippen molar-refractivity contribution in [3.8, 4) is 22.3 Å². The molecule has 0 unspecified atom stereocenters. The minimum atomic E-state index is -0.448. The second kappa shape index (κ2) is 5.69. The van der Waals surface area contributed by atoms with Crippen molar-refractivity contribution in [2.24, 2.45) is 0 Å². The predicted molar refractivity (Wildman–Crippen MR) is 88.4 cm³/mol. The quantitative estimate of drug-likeness (QED) is 0.438. The lowest BCUT2D eigenvalue weighted by Gasteiger charge is -2.12. The Kier molecular flexibility index (Phi) is 3.58. The van der Waals surface area contributed by atoms with Gasteiger partial charge in [-0.15, -0.1) is 0 Å². The van der Waals surface area contributed by atoms with Crippen molar-refractivity contribution in [1.82, 2.24) is 0 Å². The Labute approximate surface area is 128 Å². The molecule has 0 amide bonds. The molecule has 108 valence electrons. The summed E-state index contributed by atoms with van der Waals surface area (Å²) >= 11 is 0. The number of nitrogens with zero attached hydrogens (tertiary/aromatic N) is 1. The van der Waals surface area contributed by atoms with Crippen LogP contribution in [0.15, 0.2) is 72.8 Å². The van der Waals surface area contributed by atoms with Crippen LogP contribution in [0.3, 0.4) is 0 Å². The maximum Gasteiger partial charge on any atom is 0.292 e. The molecule has 0 atom stereocenters. The zero-order valence-electron chi connectivity index (χ0n) is 11.8. The second-order valence-electron chi connectivity index (χ2n) is 4.95. The second-order valence-corrected chi connectivity index (χ2v) is 4.95. The lowest BCUT2D eigenvalue weighted by molar-refractivity contribution is -0.383. The molecular weight excluding hydrogens is 276 g/mol. The molecule has 0 radical (unpaired) electrons. The van der Waals surface area contributed by atoms with Gasteiger partial charge in [0.15, 0.2) is 0 Å². The Bertz CT molecular complexity index is 815. The first-order valence-corrected chi connectivity index (χ1v) is 6.85. The molecule has 22 heavy (non-hydrogen) atoms. The van der Waals surface area contributed by atoms with Gasteiger partial charge >= 0.3 is 0 Å². The van der Waals surface area contributed by atoms with Crippen LogP contribution in [-0.4, -0.2) is 4.92 Å². The van der Waals surface area contributed by atoms with Crippen molar-refractivity contribution in [2.75, 3.05) is 5.73 Å². The monoisotopic (exact) mass is 290 g/mol. The number of hydrogen-bond donors (Lipinski definition) is 1. The van der Waals surface area contributed by atoms with Gasteiger partial charge in [-0.05, 0) is 28.3 Å². The summed E-state index contributed by atoms with van der Waals surface area (Å²) in [5.41, 5.74) is 9.54. The molecule has 0 fully saturated rings. The highest BCUT2D eigenvalue weighted by Crippen LogP contribution is 2.38. The molecule has 3 aromatic carbocycles. The Hall–Kier alpha value is -3.14. The summed E-state index contributed by atoms with van der Waals surface area (Å²) in [6.45, 7) is 0. The van der Waals surface area contributed by atoms with Crippen LogP contribution in [0.4, 0.5) is 11.4 Å². The predicted octanol–water partition coefficient (Wildman–Crippen LogP) is 4.51. The molecule has 0 aliphatic rings. The van der Waals surface area contributed by atoms with E-state index in [0.717, 1.165) is 22.3 Å². The first-order chi connectivity index (χ1) is 10.7. The minimum absolute atomic E-state index is 0.0708. The molecule has 0 heterocycles. The topological polar surface area (TPSA) is 69.2 Å². The molecule has 4 nitrogen and oxygen atoms in total. The van der Waals surface area contributed by atoms with E-state index >= 15 is 0 Å². The van der Waals surface area contributed by atoms with E-state index in [-0.39, 0.29) is 11.4 Å². The van der Waals surface area contributed by atoms with Gasteiger partial charge in [0.05, 0.1) is 4.92 Å². The number of anilines is 1. The van der Waals surface area contributed by atoms with Gasteiger partial charge in [-0.3, -0.25) is 10.1 Å². The smallest absolute Gasteiger partial charge is 0.292 e. The summed E-state index contributed by atoms with van der Waals surface area (Å²) in [5, 5.41) is 11.2. The Morgan fingerprint density at radius 2 is 1.23 bits per heavy atom. The van der Waals surface area contributed by atoms with Gasteiger partial charge in [0.2, 0.25) is 0 Å². The summed E-state index contributed by atoms with van der Waals surface area (Å²) in [5.74, 6) is 0. The van der Waals surface area contributed by atoms with Crippen molar-refractivity contribution in [3.05, 3.63) is 82.9 Å². The van der Waals surface area contributed by atoms with E-state index in [1.54, 1.807) is 12.1 Å². The molecule has 0 aliphatic heterocycles. The zero-order valence-corrected chi connectivity index (χ0v) is 11.8. The molecule has 4 heteroatoms.